The maximum atomic E-state index is 6.65. The van der Waals surface area contributed by atoms with Gasteiger partial charge < -0.3 is 9.32 Å². The largest absolute Gasteiger partial charge is 0.455 e. The molecule has 0 atom stereocenters. The Balaban J connectivity index is 1.08. The van der Waals surface area contributed by atoms with E-state index in [0.717, 1.165) is 61.3 Å². The molecule has 11 aromatic rings. The molecule has 0 saturated carbocycles. The fraction of sp³-hybridized carbons (Fsp3) is 0. The monoisotopic (exact) mass is 745 g/mol. The van der Waals surface area contributed by atoms with E-state index in [1.165, 1.54) is 42.4 Å². The van der Waals surface area contributed by atoms with Gasteiger partial charge in [0.1, 0.15) is 11.2 Å². The lowest BCUT2D eigenvalue weighted by Crippen LogP contribution is -2.10. The van der Waals surface area contributed by atoms with Gasteiger partial charge in [-0.2, -0.15) is 0 Å². The minimum atomic E-state index is 0.894. The van der Waals surface area contributed by atoms with Gasteiger partial charge >= 0.3 is 0 Å². The van der Waals surface area contributed by atoms with Crippen LogP contribution >= 0.6 is 11.3 Å². The molecule has 2 nitrogen and oxygen atoms in total. The quantitative estimate of drug-likeness (QED) is 0.162. The lowest BCUT2D eigenvalue weighted by Gasteiger charge is -2.27. The number of thiophene rings is 1. The molecule has 268 valence electrons. The summed E-state index contributed by atoms with van der Waals surface area (Å²) in [6, 6.07) is 76.4. The lowest BCUT2D eigenvalue weighted by molar-refractivity contribution is 0.670. The Morgan fingerprint density at radius 3 is 1.61 bits per heavy atom. The van der Waals surface area contributed by atoms with E-state index in [-0.39, 0.29) is 0 Å². The number of nitrogens with zero attached hydrogens (tertiary/aromatic N) is 1. The van der Waals surface area contributed by atoms with Crippen molar-refractivity contribution in [3.63, 3.8) is 0 Å². The van der Waals surface area contributed by atoms with Gasteiger partial charge in [0.25, 0.3) is 0 Å². The zero-order chi connectivity index (χ0) is 37.7. The molecule has 0 fully saturated rings. The van der Waals surface area contributed by atoms with Crippen LogP contribution in [-0.2, 0) is 0 Å². The second-order valence-electron chi connectivity index (χ2n) is 14.5. The first kappa shape index (κ1) is 33.2. The molecule has 3 heteroatoms. The van der Waals surface area contributed by atoms with Crippen molar-refractivity contribution >= 4 is 70.5 Å². The van der Waals surface area contributed by atoms with Gasteiger partial charge in [0, 0.05) is 53.6 Å². The van der Waals surface area contributed by atoms with Crippen LogP contribution in [0.15, 0.2) is 217 Å². The van der Waals surface area contributed by atoms with Crippen LogP contribution in [0, 0.1) is 0 Å². The van der Waals surface area contributed by atoms with Crippen molar-refractivity contribution in [2.24, 2.45) is 0 Å². The zero-order valence-corrected chi connectivity index (χ0v) is 31.8. The molecule has 2 aromatic heterocycles. The highest BCUT2D eigenvalue weighted by Crippen LogP contribution is 2.45. The standard InChI is InChI=1S/C54H35NOS/c1-3-12-36(13-4-1)37-22-24-38(25-23-37)39-26-28-41(29-27-39)55(43-31-33-47-46-17-8-10-21-52(46)57-53(47)35-43)42-30-32-44(40-14-5-2-6-15-40)50(34-42)49-19-11-18-48-45-16-7-9-20-51(45)56-54(48)49/h1-35H. The minimum absolute atomic E-state index is 0.894. The van der Waals surface area contributed by atoms with Crippen molar-refractivity contribution in [3.05, 3.63) is 212 Å². The Bertz CT molecular complexity index is 3210. The summed E-state index contributed by atoms with van der Waals surface area (Å²) in [5, 5.41) is 4.82. The van der Waals surface area contributed by atoms with E-state index in [4.69, 9.17) is 4.42 Å². The third kappa shape index (κ3) is 5.88. The number of rotatable bonds is 7. The van der Waals surface area contributed by atoms with Gasteiger partial charge in [-0.1, -0.05) is 164 Å². The van der Waals surface area contributed by atoms with Crippen molar-refractivity contribution in [1.29, 1.82) is 0 Å². The predicted octanol–water partition coefficient (Wildman–Crippen LogP) is 16.1. The molecule has 0 aliphatic carbocycles. The van der Waals surface area contributed by atoms with E-state index in [0.29, 0.717) is 0 Å². The molecule has 0 unspecified atom stereocenters. The number of anilines is 3. The summed E-state index contributed by atoms with van der Waals surface area (Å²) < 4.78 is 9.22. The molecular formula is C54H35NOS. The summed E-state index contributed by atoms with van der Waals surface area (Å²) in [5.74, 6) is 0. The van der Waals surface area contributed by atoms with Crippen LogP contribution in [-0.4, -0.2) is 0 Å². The zero-order valence-electron chi connectivity index (χ0n) is 31.0. The smallest absolute Gasteiger partial charge is 0.143 e. The molecule has 0 bridgehead atoms. The van der Waals surface area contributed by atoms with Gasteiger partial charge in [0.2, 0.25) is 0 Å². The molecule has 57 heavy (non-hydrogen) atoms. The van der Waals surface area contributed by atoms with E-state index in [9.17, 15) is 0 Å². The molecule has 0 radical (unpaired) electrons. The molecule has 0 aliphatic rings. The maximum absolute atomic E-state index is 6.65. The Labute approximate surface area is 335 Å². The predicted molar refractivity (Wildman–Crippen MR) is 243 cm³/mol. The third-order valence-corrected chi connectivity index (χ3v) is 12.2. The Hall–Kier alpha value is -7.20. The molecule has 2 heterocycles. The van der Waals surface area contributed by atoms with Crippen molar-refractivity contribution in [1.82, 2.24) is 0 Å². The number of furan rings is 1. The molecule has 0 aliphatic heterocycles. The molecule has 9 aromatic carbocycles. The van der Waals surface area contributed by atoms with E-state index < -0.39 is 0 Å². The van der Waals surface area contributed by atoms with Gasteiger partial charge in [-0.05, 0) is 87.5 Å². The normalized spacial score (nSPS) is 11.5. The van der Waals surface area contributed by atoms with Gasteiger partial charge in [0.05, 0.1) is 0 Å². The molecular weight excluding hydrogens is 711 g/mol. The summed E-state index contributed by atoms with van der Waals surface area (Å²) >= 11 is 1.85. The maximum Gasteiger partial charge on any atom is 0.143 e. The van der Waals surface area contributed by atoms with Crippen LogP contribution in [0.2, 0.25) is 0 Å². The van der Waals surface area contributed by atoms with Crippen LogP contribution in [0.3, 0.4) is 0 Å². The average molecular weight is 746 g/mol. The average Bonchev–Trinajstić information content (AvgIpc) is 3.86. The van der Waals surface area contributed by atoms with Crippen LogP contribution < -0.4 is 4.90 Å². The van der Waals surface area contributed by atoms with Crippen LogP contribution in [0.4, 0.5) is 17.1 Å². The number of benzene rings is 9. The van der Waals surface area contributed by atoms with Gasteiger partial charge in [-0.15, -0.1) is 11.3 Å². The van der Waals surface area contributed by atoms with Crippen molar-refractivity contribution < 1.29 is 4.42 Å². The number of hydrogen-bond donors (Lipinski definition) is 0. The van der Waals surface area contributed by atoms with Crippen molar-refractivity contribution in [3.8, 4) is 44.5 Å². The fourth-order valence-electron chi connectivity index (χ4n) is 8.31. The van der Waals surface area contributed by atoms with Gasteiger partial charge in [0.15, 0.2) is 0 Å². The lowest BCUT2D eigenvalue weighted by atomic mass is 9.92. The first-order chi connectivity index (χ1) is 28.2. The molecule has 0 saturated heterocycles. The number of hydrogen-bond acceptors (Lipinski definition) is 3. The second kappa shape index (κ2) is 13.8. The van der Waals surface area contributed by atoms with E-state index >= 15 is 0 Å². The summed E-state index contributed by atoms with van der Waals surface area (Å²) in [6.07, 6.45) is 0. The summed E-state index contributed by atoms with van der Waals surface area (Å²) in [5.41, 5.74) is 14.3. The summed E-state index contributed by atoms with van der Waals surface area (Å²) in [7, 11) is 0. The third-order valence-electron chi connectivity index (χ3n) is 11.1. The molecule has 0 amide bonds. The summed E-state index contributed by atoms with van der Waals surface area (Å²) in [4.78, 5) is 2.39. The first-order valence-corrected chi connectivity index (χ1v) is 20.1. The van der Waals surface area contributed by atoms with E-state index in [2.05, 4.69) is 211 Å². The molecule has 11 rings (SSSR count). The Morgan fingerprint density at radius 1 is 0.316 bits per heavy atom. The topological polar surface area (TPSA) is 16.4 Å². The van der Waals surface area contributed by atoms with Crippen LogP contribution in [0.25, 0.3) is 86.6 Å². The first-order valence-electron chi connectivity index (χ1n) is 19.3. The van der Waals surface area contributed by atoms with E-state index in [1.54, 1.807) is 0 Å². The highest BCUT2D eigenvalue weighted by atomic mass is 32.1. The number of fused-ring (bicyclic) bond motifs is 6. The van der Waals surface area contributed by atoms with Crippen LogP contribution in [0.5, 0.6) is 0 Å². The Kier molecular flexibility index (Phi) is 8.04. The van der Waals surface area contributed by atoms with Gasteiger partial charge in [-0.25, -0.2) is 0 Å². The molecule has 0 spiro atoms. The summed E-state index contributed by atoms with van der Waals surface area (Å²) in [6.45, 7) is 0. The second-order valence-corrected chi connectivity index (χ2v) is 15.6. The van der Waals surface area contributed by atoms with Gasteiger partial charge in [-0.3, -0.25) is 0 Å². The highest BCUT2D eigenvalue weighted by Gasteiger charge is 2.20. The minimum Gasteiger partial charge on any atom is -0.455 e. The fourth-order valence-corrected chi connectivity index (χ4v) is 9.45. The van der Waals surface area contributed by atoms with Crippen LogP contribution in [0.1, 0.15) is 0 Å². The Morgan fingerprint density at radius 2 is 0.860 bits per heavy atom. The highest BCUT2D eigenvalue weighted by molar-refractivity contribution is 7.25. The molecule has 0 N–H and O–H groups in total. The SMILES string of the molecule is c1ccc(-c2ccc(-c3ccc(N(c4ccc(-c5ccccc5)c(-c5cccc6c5oc5ccccc56)c4)c4ccc5c(c4)sc4ccccc45)cc3)cc2)cc1. The van der Waals surface area contributed by atoms with E-state index in [1.807, 2.05) is 17.4 Å². The van der Waals surface area contributed by atoms with Crippen molar-refractivity contribution in [2.45, 2.75) is 0 Å². The number of para-hydroxylation sites is 2. The van der Waals surface area contributed by atoms with Crippen molar-refractivity contribution in [2.75, 3.05) is 4.90 Å².